The summed E-state index contributed by atoms with van der Waals surface area (Å²) in [4.78, 5) is 12.0. The third-order valence-electron chi connectivity index (χ3n) is 8.07. The predicted octanol–water partition coefficient (Wildman–Crippen LogP) is 4.99. The van der Waals surface area contributed by atoms with Gasteiger partial charge in [-0.15, -0.1) is 0 Å². The van der Waals surface area contributed by atoms with Crippen LogP contribution in [0.3, 0.4) is 0 Å². The van der Waals surface area contributed by atoms with Crippen molar-refractivity contribution in [1.82, 2.24) is 0 Å². The van der Waals surface area contributed by atoms with Crippen LogP contribution in [-0.2, 0) is 14.3 Å². The molecule has 3 aliphatic rings. The molecule has 0 aromatic carbocycles. The first-order valence-electron chi connectivity index (χ1n) is 13.8. The van der Waals surface area contributed by atoms with E-state index in [4.69, 9.17) is 14.6 Å². The average Bonchev–Trinajstić information content (AvgIpc) is 2.85. The maximum Gasteiger partial charge on any atom is 0.308 e. The van der Waals surface area contributed by atoms with Crippen LogP contribution in [0.25, 0.3) is 0 Å². The molecule has 6 nitrogen and oxygen atoms in total. The Labute approximate surface area is 207 Å². The van der Waals surface area contributed by atoms with E-state index in [0.29, 0.717) is 25.0 Å². The summed E-state index contributed by atoms with van der Waals surface area (Å²) in [5, 5.41) is 27.5. The predicted molar refractivity (Wildman–Crippen MR) is 134 cm³/mol. The van der Waals surface area contributed by atoms with Crippen molar-refractivity contribution >= 4 is 5.97 Å². The fraction of sp³-hybridized carbons (Fsp3) is 0.893. The third kappa shape index (κ3) is 10.2. The number of carbonyl (C=O) groups is 1. The summed E-state index contributed by atoms with van der Waals surface area (Å²) < 4.78 is 11.0. The molecule has 198 valence electrons. The molecular weight excluding hydrogens is 432 g/mol. The Kier molecular flexibility index (Phi) is 13.5. The number of esters is 1. The average molecular weight is 483 g/mol. The van der Waals surface area contributed by atoms with Gasteiger partial charge in [-0.2, -0.15) is 0 Å². The first-order chi connectivity index (χ1) is 16.3. The van der Waals surface area contributed by atoms with E-state index in [-0.39, 0.29) is 30.7 Å². The Morgan fingerprint density at radius 3 is 1.82 bits per heavy atom. The van der Waals surface area contributed by atoms with Crippen LogP contribution in [-0.4, -0.2) is 53.3 Å². The number of rotatable bonds is 8. The zero-order valence-electron chi connectivity index (χ0n) is 21.8. The van der Waals surface area contributed by atoms with E-state index in [1.165, 1.54) is 25.7 Å². The lowest BCUT2D eigenvalue weighted by molar-refractivity contribution is -0.152. The van der Waals surface area contributed by atoms with Gasteiger partial charge in [-0.3, -0.25) is 4.79 Å². The Morgan fingerprint density at radius 2 is 1.35 bits per heavy atom. The highest BCUT2D eigenvalue weighted by Crippen LogP contribution is 2.34. The number of carbonyl (C=O) groups excluding carboxylic acids is 1. The maximum atomic E-state index is 12.0. The van der Waals surface area contributed by atoms with Crippen LogP contribution in [0.2, 0.25) is 0 Å². The van der Waals surface area contributed by atoms with Crippen LogP contribution >= 0.6 is 0 Å². The molecule has 0 radical (unpaired) electrons. The molecule has 0 bridgehead atoms. The zero-order chi connectivity index (χ0) is 24.9. The van der Waals surface area contributed by atoms with Gasteiger partial charge in [0.25, 0.3) is 0 Å². The van der Waals surface area contributed by atoms with Gasteiger partial charge in [0.15, 0.2) is 0 Å². The zero-order valence-corrected chi connectivity index (χ0v) is 21.8. The minimum Gasteiger partial charge on any atom is -0.496 e. The second-order valence-electron chi connectivity index (χ2n) is 10.9. The van der Waals surface area contributed by atoms with Crippen molar-refractivity contribution in [2.45, 2.75) is 110 Å². The van der Waals surface area contributed by atoms with E-state index in [1.54, 1.807) is 0 Å². The Morgan fingerprint density at radius 1 is 0.824 bits per heavy atom. The highest BCUT2D eigenvalue weighted by molar-refractivity contribution is 5.72. The Hall–Kier alpha value is -1.11. The molecule has 3 saturated carbocycles. The van der Waals surface area contributed by atoms with Gasteiger partial charge in [-0.05, 0) is 108 Å². The summed E-state index contributed by atoms with van der Waals surface area (Å²) in [5.41, 5.74) is 0. The lowest BCUT2D eigenvalue weighted by Crippen LogP contribution is -2.28. The van der Waals surface area contributed by atoms with Crippen molar-refractivity contribution in [3.05, 3.63) is 11.8 Å². The van der Waals surface area contributed by atoms with Gasteiger partial charge in [0, 0.05) is 5.92 Å². The highest BCUT2D eigenvalue weighted by atomic mass is 16.5. The molecule has 0 spiro atoms. The topological polar surface area (TPSA) is 96.2 Å². The fourth-order valence-electron chi connectivity index (χ4n) is 5.61. The van der Waals surface area contributed by atoms with Gasteiger partial charge < -0.3 is 24.8 Å². The molecule has 3 rings (SSSR count). The lowest BCUT2D eigenvalue weighted by Gasteiger charge is -2.31. The van der Waals surface area contributed by atoms with Crippen molar-refractivity contribution < 1.29 is 29.6 Å². The summed E-state index contributed by atoms with van der Waals surface area (Å²) in [7, 11) is 0. The van der Waals surface area contributed by atoms with E-state index in [1.807, 2.05) is 13.0 Å². The van der Waals surface area contributed by atoms with Gasteiger partial charge in [-0.1, -0.05) is 13.8 Å². The molecule has 0 amide bonds. The third-order valence-corrected chi connectivity index (χ3v) is 8.07. The molecule has 0 aromatic rings. The van der Waals surface area contributed by atoms with Gasteiger partial charge in [-0.25, -0.2) is 0 Å². The van der Waals surface area contributed by atoms with Crippen molar-refractivity contribution in [3.63, 3.8) is 0 Å². The second-order valence-corrected chi connectivity index (χ2v) is 10.9. The molecule has 34 heavy (non-hydrogen) atoms. The van der Waals surface area contributed by atoms with Crippen LogP contribution in [0.4, 0.5) is 0 Å². The second kappa shape index (κ2) is 15.8. The minimum absolute atomic E-state index is 0.0251. The molecule has 3 fully saturated rings. The number of allylic oxidation sites excluding steroid dienone is 2. The van der Waals surface area contributed by atoms with Gasteiger partial charge in [0.1, 0.15) is 6.61 Å². The standard InChI is InChI=1S/C17H30O3.C11H20O3/c1-12(2)14-5-3-13(4-6-14)11-20-17(19)15-7-9-16(18)10-8-15;1-2-11(14-8-7-12)9-3-5-10(13)6-4-9/h12-16,18H,3-11H2,1-2H3;2,9-10,12-13H,3-8H2,1H3/b;11-2-. The van der Waals surface area contributed by atoms with Crippen LogP contribution in [0.5, 0.6) is 0 Å². The number of aliphatic hydroxyl groups is 3. The molecule has 6 heteroatoms. The van der Waals surface area contributed by atoms with Crippen molar-refractivity contribution in [2.75, 3.05) is 19.8 Å². The van der Waals surface area contributed by atoms with Gasteiger partial charge in [0.05, 0.1) is 37.1 Å². The first-order valence-corrected chi connectivity index (χ1v) is 13.8. The minimum atomic E-state index is -0.203. The number of aliphatic hydroxyl groups excluding tert-OH is 3. The van der Waals surface area contributed by atoms with E-state index in [2.05, 4.69) is 13.8 Å². The van der Waals surface area contributed by atoms with Crippen molar-refractivity contribution in [2.24, 2.45) is 29.6 Å². The van der Waals surface area contributed by atoms with E-state index in [0.717, 1.165) is 69.0 Å². The van der Waals surface area contributed by atoms with Crippen LogP contribution in [0.15, 0.2) is 11.8 Å². The SMILES string of the molecule is C/C=C(\OCCO)C1CCC(O)CC1.CC(C)C1CCC(COC(=O)C2CCC(O)CC2)CC1. The van der Waals surface area contributed by atoms with Crippen molar-refractivity contribution in [3.8, 4) is 0 Å². The summed E-state index contributed by atoms with van der Waals surface area (Å²) in [6.45, 7) is 7.62. The lowest BCUT2D eigenvalue weighted by atomic mass is 9.77. The molecule has 3 aliphatic carbocycles. The molecule has 0 aromatic heterocycles. The Balaban J connectivity index is 0.000000257. The summed E-state index contributed by atoms with van der Waals surface area (Å²) in [6, 6.07) is 0. The molecule has 0 unspecified atom stereocenters. The van der Waals surface area contributed by atoms with Crippen LogP contribution < -0.4 is 0 Å². The fourth-order valence-corrected chi connectivity index (χ4v) is 5.61. The van der Waals surface area contributed by atoms with E-state index < -0.39 is 0 Å². The van der Waals surface area contributed by atoms with Crippen molar-refractivity contribution in [1.29, 1.82) is 0 Å². The van der Waals surface area contributed by atoms with Crippen LogP contribution in [0.1, 0.15) is 97.8 Å². The molecule has 3 N–H and O–H groups in total. The van der Waals surface area contributed by atoms with E-state index in [9.17, 15) is 15.0 Å². The molecular formula is C28H50O6. The summed E-state index contributed by atoms with van der Waals surface area (Å²) >= 11 is 0. The molecule has 0 atom stereocenters. The largest absolute Gasteiger partial charge is 0.496 e. The highest BCUT2D eigenvalue weighted by Gasteiger charge is 2.28. The van der Waals surface area contributed by atoms with Crippen LogP contribution in [0, 0.1) is 29.6 Å². The number of hydrogen-bond acceptors (Lipinski definition) is 6. The molecule has 0 aliphatic heterocycles. The molecule has 0 saturated heterocycles. The first kappa shape index (κ1) is 29.1. The monoisotopic (exact) mass is 482 g/mol. The van der Waals surface area contributed by atoms with Gasteiger partial charge >= 0.3 is 5.97 Å². The number of hydrogen-bond donors (Lipinski definition) is 3. The maximum absolute atomic E-state index is 12.0. The summed E-state index contributed by atoms with van der Waals surface area (Å²) in [5.74, 6) is 3.64. The van der Waals surface area contributed by atoms with Gasteiger partial charge in [0.2, 0.25) is 0 Å². The number of ether oxygens (including phenoxy) is 2. The summed E-state index contributed by atoms with van der Waals surface area (Å²) in [6.07, 6.45) is 13.4. The normalized spacial score (nSPS) is 32.5. The van der Waals surface area contributed by atoms with E-state index >= 15 is 0 Å². The Bertz CT molecular complexity index is 580. The smallest absolute Gasteiger partial charge is 0.308 e. The molecule has 0 heterocycles. The quantitative estimate of drug-likeness (QED) is 0.333.